The molecular weight excluding hydrogens is 585 g/mol. The van der Waals surface area contributed by atoms with E-state index in [2.05, 4.69) is 121 Å². The van der Waals surface area contributed by atoms with E-state index in [9.17, 15) is 10.2 Å². The van der Waals surface area contributed by atoms with Crippen LogP contribution in [0.3, 0.4) is 0 Å². The van der Waals surface area contributed by atoms with Crippen LogP contribution in [-0.2, 0) is 31.1 Å². The van der Waals surface area contributed by atoms with Gasteiger partial charge in [0.05, 0.1) is 0 Å². The van der Waals surface area contributed by atoms with Gasteiger partial charge in [-0.05, 0) is 68.5 Å². The molecule has 0 aromatic heterocycles. The molecule has 6 aromatic carbocycles. The van der Waals surface area contributed by atoms with Crippen molar-refractivity contribution in [3.8, 4) is 11.5 Å². The van der Waals surface area contributed by atoms with Gasteiger partial charge in [-0.25, -0.2) is 0 Å². The number of phenolic OH excluding ortho intramolecular Hbond substituents is 2. The molecule has 0 amide bonds. The van der Waals surface area contributed by atoms with Gasteiger partial charge in [-0.1, -0.05) is 165 Å². The number of hydrogen-bond acceptors (Lipinski definition) is 2. The molecule has 2 nitrogen and oxygen atoms in total. The number of hydrogen-bond donors (Lipinski definition) is 2. The fourth-order valence-electron chi connectivity index (χ4n) is 7.77. The maximum Gasteiger partial charge on any atom is 0.122 e. The molecule has 0 heterocycles. The molecule has 6 aromatic rings. The molecule has 0 radical (unpaired) electrons. The fourth-order valence-corrected chi connectivity index (χ4v) is 7.77. The first-order valence-corrected chi connectivity index (χ1v) is 17.4. The van der Waals surface area contributed by atoms with E-state index in [1.807, 2.05) is 24.3 Å². The first-order valence-electron chi connectivity index (χ1n) is 17.4. The van der Waals surface area contributed by atoms with Crippen LogP contribution in [-0.4, -0.2) is 10.2 Å². The van der Waals surface area contributed by atoms with Gasteiger partial charge in [-0.3, -0.25) is 0 Å². The summed E-state index contributed by atoms with van der Waals surface area (Å²) in [4.78, 5) is 0. The predicted octanol–water partition coefficient (Wildman–Crippen LogP) is 10.7. The minimum atomic E-state index is -0.229. The maximum absolute atomic E-state index is 11.8. The highest BCUT2D eigenvalue weighted by Crippen LogP contribution is 2.48. The third-order valence-corrected chi connectivity index (χ3v) is 10.3. The van der Waals surface area contributed by atoms with Crippen LogP contribution in [0.5, 0.6) is 11.5 Å². The third kappa shape index (κ3) is 6.94. The van der Waals surface area contributed by atoms with Gasteiger partial charge in [0.15, 0.2) is 0 Å². The first-order chi connectivity index (χ1) is 23.6. The van der Waals surface area contributed by atoms with Gasteiger partial charge < -0.3 is 10.2 Å². The Hall–Kier alpha value is -5.08. The third-order valence-electron chi connectivity index (χ3n) is 10.3. The Labute approximate surface area is 285 Å². The highest BCUT2D eigenvalue weighted by Gasteiger charge is 2.38. The molecule has 0 atom stereocenters. The Balaban J connectivity index is 1.40. The zero-order chi connectivity index (χ0) is 32.8. The summed E-state index contributed by atoms with van der Waals surface area (Å²) in [7, 11) is 0. The fraction of sp³-hybridized carbons (Fsp3) is 0.217. The van der Waals surface area contributed by atoms with Gasteiger partial charge in [-0.2, -0.15) is 0 Å². The molecule has 1 saturated carbocycles. The van der Waals surface area contributed by atoms with E-state index < -0.39 is 0 Å². The lowest BCUT2D eigenvalue weighted by atomic mass is 9.64. The topological polar surface area (TPSA) is 40.5 Å². The van der Waals surface area contributed by atoms with Crippen molar-refractivity contribution < 1.29 is 10.2 Å². The number of phenols is 2. The van der Waals surface area contributed by atoms with Gasteiger partial charge in [-0.15, -0.1) is 0 Å². The Morgan fingerprint density at radius 3 is 0.917 bits per heavy atom. The van der Waals surface area contributed by atoms with Crippen molar-refractivity contribution >= 4 is 0 Å². The molecule has 7 rings (SSSR count). The molecule has 1 aliphatic rings. The van der Waals surface area contributed by atoms with E-state index in [1.54, 1.807) is 0 Å². The minimum absolute atomic E-state index is 0.229. The molecule has 1 aliphatic carbocycles. The van der Waals surface area contributed by atoms with E-state index in [1.165, 1.54) is 39.8 Å². The summed E-state index contributed by atoms with van der Waals surface area (Å²) in [6.45, 7) is 0. The lowest BCUT2D eigenvalue weighted by Crippen LogP contribution is -2.31. The molecule has 2 N–H and O–H groups in total. The van der Waals surface area contributed by atoms with E-state index in [4.69, 9.17) is 0 Å². The van der Waals surface area contributed by atoms with Crippen LogP contribution in [0.15, 0.2) is 146 Å². The summed E-state index contributed by atoms with van der Waals surface area (Å²) < 4.78 is 0. The second-order valence-corrected chi connectivity index (χ2v) is 13.6. The average molecular weight is 629 g/mol. The van der Waals surface area contributed by atoms with E-state index >= 15 is 0 Å². The zero-order valence-electron chi connectivity index (χ0n) is 27.6. The molecule has 0 aliphatic heterocycles. The van der Waals surface area contributed by atoms with Crippen LogP contribution in [0, 0.1) is 0 Å². The second kappa shape index (κ2) is 14.4. The van der Waals surface area contributed by atoms with Crippen molar-refractivity contribution in [1.29, 1.82) is 0 Å². The average Bonchev–Trinajstić information content (AvgIpc) is 3.13. The van der Waals surface area contributed by atoms with Crippen molar-refractivity contribution in [1.82, 2.24) is 0 Å². The largest absolute Gasteiger partial charge is 0.507 e. The quantitative estimate of drug-likeness (QED) is 0.158. The lowest BCUT2D eigenvalue weighted by Gasteiger charge is -2.40. The van der Waals surface area contributed by atoms with Gasteiger partial charge in [0, 0.05) is 31.1 Å². The predicted molar refractivity (Wildman–Crippen MR) is 197 cm³/mol. The van der Waals surface area contributed by atoms with Crippen LogP contribution in [0.25, 0.3) is 0 Å². The zero-order valence-corrected chi connectivity index (χ0v) is 27.6. The number of benzene rings is 6. The Kier molecular flexibility index (Phi) is 9.43. The monoisotopic (exact) mass is 628 g/mol. The Bertz CT molecular complexity index is 1680. The van der Waals surface area contributed by atoms with Crippen LogP contribution in [0.1, 0.15) is 87.7 Å². The summed E-state index contributed by atoms with van der Waals surface area (Å²) in [5.74, 6) is 0.801. The molecule has 0 saturated heterocycles. The van der Waals surface area contributed by atoms with Crippen LogP contribution >= 0.6 is 0 Å². The van der Waals surface area contributed by atoms with Gasteiger partial charge in [0.2, 0.25) is 0 Å². The van der Waals surface area contributed by atoms with Crippen molar-refractivity contribution in [3.05, 3.63) is 201 Å². The normalized spacial score (nSPS) is 14.1. The first kappa shape index (κ1) is 31.5. The molecule has 240 valence electrons. The molecule has 0 unspecified atom stereocenters. The van der Waals surface area contributed by atoms with E-state index in [0.717, 1.165) is 47.9 Å². The van der Waals surface area contributed by atoms with Crippen LogP contribution < -0.4 is 0 Å². The molecule has 48 heavy (non-hydrogen) atoms. The minimum Gasteiger partial charge on any atom is -0.507 e. The molecule has 0 bridgehead atoms. The number of aromatic hydroxyl groups is 2. The van der Waals surface area contributed by atoms with Gasteiger partial charge in [0.1, 0.15) is 11.5 Å². The van der Waals surface area contributed by atoms with Crippen LogP contribution in [0.4, 0.5) is 0 Å². The Morgan fingerprint density at radius 2 is 0.646 bits per heavy atom. The Morgan fingerprint density at radius 1 is 0.375 bits per heavy atom. The summed E-state index contributed by atoms with van der Waals surface area (Å²) >= 11 is 0. The van der Waals surface area contributed by atoms with Crippen molar-refractivity contribution in [2.75, 3.05) is 0 Å². The summed E-state index contributed by atoms with van der Waals surface area (Å²) in [6, 6.07) is 51.1. The molecular formula is C46H44O2. The number of rotatable bonds is 10. The van der Waals surface area contributed by atoms with Crippen molar-refractivity contribution in [2.45, 2.75) is 63.2 Å². The standard InChI is InChI=1S/C46H44O2/c47-44-38(26-34-16-6-1-7-17-34)30-42(31-39(44)27-35-18-8-2-9-19-35)46(24-14-5-15-25-46)43-32-40(28-36-20-10-3-11-21-36)45(48)41(33-43)29-37-22-12-4-13-23-37/h1-4,6-13,16-23,30-33,47-48H,5,14-15,24-29H2. The molecule has 1 fully saturated rings. The van der Waals surface area contributed by atoms with Crippen molar-refractivity contribution in [2.24, 2.45) is 0 Å². The summed E-state index contributed by atoms with van der Waals surface area (Å²) in [6.07, 6.45) is 8.27. The maximum atomic E-state index is 11.8. The SMILES string of the molecule is Oc1c(Cc2ccccc2)cc(C2(c3cc(Cc4ccccc4)c(O)c(Cc4ccccc4)c3)CCCCC2)cc1Cc1ccccc1. The lowest BCUT2D eigenvalue weighted by molar-refractivity contribution is 0.344. The molecule has 0 spiro atoms. The second-order valence-electron chi connectivity index (χ2n) is 13.6. The summed E-state index contributed by atoms with van der Waals surface area (Å²) in [5, 5.41) is 23.6. The molecule has 2 heteroatoms. The highest BCUT2D eigenvalue weighted by molar-refractivity contribution is 5.56. The van der Waals surface area contributed by atoms with Gasteiger partial charge in [0.25, 0.3) is 0 Å². The van der Waals surface area contributed by atoms with Crippen LogP contribution in [0.2, 0.25) is 0 Å². The van der Waals surface area contributed by atoms with Crippen molar-refractivity contribution in [3.63, 3.8) is 0 Å². The summed E-state index contributed by atoms with van der Waals surface area (Å²) in [5.41, 5.74) is 11.0. The van der Waals surface area contributed by atoms with E-state index in [0.29, 0.717) is 37.2 Å². The highest BCUT2D eigenvalue weighted by atomic mass is 16.3. The smallest absolute Gasteiger partial charge is 0.122 e. The van der Waals surface area contributed by atoms with E-state index in [-0.39, 0.29) is 5.41 Å². The van der Waals surface area contributed by atoms with Gasteiger partial charge >= 0.3 is 0 Å².